The van der Waals surface area contributed by atoms with E-state index in [1.807, 2.05) is 6.08 Å². The fourth-order valence-corrected chi connectivity index (χ4v) is 0.555. The molecule has 0 aromatic rings. The Morgan fingerprint density at radius 1 is 1.30 bits per heavy atom. The third kappa shape index (κ3) is 7.26. The summed E-state index contributed by atoms with van der Waals surface area (Å²) in [6, 6.07) is 0. The Kier molecular flexibility index (Phi) is 7.65. The number of aliphatic hydroxyl groups is 1. The molecule has 0 radical (unpaired) electrons. The van der Waals surface area contributed by atoms with Gasteiger partial charge in [0.05, 0.1) is 0 Å². The summed E-state index contributed by atoms with van der Waals surface area (Å²) < 4.78 is 0. The molecule has 0 bridgehead atoms. The zero-order valence-corrected chi connectivity index (χ0v) is 6.43. The maximum absolute atomic E-state index is 8.27. The van der Waals surface area contributed by atoms with E-state index < -0.39 is 0 Å². The maximum atomic E-state index is 8.27. The number of rotatable bonds is 3. The minimum Gasteiger partial charge on any atom is -0.384 e. The van der Waals surface area contributed by atoms with Crippen LogP contribution in [0, 0.1) is 11.8 Å². The van der Waals surface area contributed by atoms with Crippen LogP contribution in [-0.2, 0) is 0 Å². The van der Waals surface area contributed by atoms with Gasteiger partial charge in [-0.3, -0.25) is 0 Å². The second kappa shape index (κ2) is 8.26. The summed E-state index contributed by atoms with van der Waals surface area (Å²) in [6.07, 6.45) is 7.23. The van der Waals surface area contributed by atoms with Gasteiger partial charge in [0.25, 0.3) is 0 Å². The van der Waals surface area contributed by atoms with Gasteiger partial charge < -0.3 is 5.11 Å². The van der Waals surface area contributed by atoms with Crippen LogP contribution in [-0.4, -0.2) is 11.7 Å². The molecule has 0 rings (SSSR count). The molecule has 0 saturated carbocycles. The van der Waals surface area contributed by atoms with Crippen molar-refractivity contribution in [2.45, 2.75) is 26.2 Å². The molecule has 0 aliphatic carbocycles. The lowest BCUT2D eigenvalue weighted by Gasteiger charge is -1.80. The fourth-order valence-electron chi connectivity index (χ4n) is 0.555. The first kappa shape index (κ1) is 9.26. The monoisotopic (exact) mass is 138 g/mol. The first-order chi connectivity index (χ1) is 4.91. The smallest absolute Gasteiger partial charge is 0.104 e. The molecule has 1 nitrogen and oxygen atoms in total. The molecule has 0 aliphatic rings. The van der Waals surface area contributed by atoms with Gasteiger partial charge in [-0.15, -0.1) is 0 Å². The molecule has 0 fully saturated rings. The summed E-state index contributed by atoms with van der Waals surface area (Å²) in [7, 11) is 0. The number of aliphatic hydroxyl groups excluding tert-OH is 1. The van der Waals surface area contributed by atoms with Gasteiger partial charge in [-0.25, -0.2) is 0 Å². The van der Waals surface area contributed by atoms with Crippen LogP contribution in [0.5, 0.6) is 0 Å². The molecule has 0 amide bonds. The molecule has 0 spiro atoms. The van der Waals surface area contributed by atoms with E-state index in [0.717, 1.165) is 12.8 Å². The zero-order valence-electron chi connectivity index (χ0n) is 6.43. The van der Waals surface area contributed by atoms with Gasteiger partial charge in [0.15, 0.2) is 0 Å². The van der Waals surface area contributed by atoms with Crippen molar-refractivity contribution in [1.82, 2.24) is 0 Å². The summed E-state index contributed by atoms with van der Waals surface area (Å²) >= 11 is 0. The summed E-state index contributed by atoms with van der Waals surface area (Å²) in [5.74, 6) is 5.39. The van der Waals surface area contributed by atoms with Gasteiger partial charge in [0.1, 0.15) is 6.61 Å². The second-order valence-electron chi connectivity index (χ2n) is 1.98. The number of allylic oxidation sites excluding steroid dienone is 2. The Morgan fingerprint density at radius 3 is 2.70 bits per heavy atom. The van der Waals surface area contributed by atoms with Gasteiger partial charge in [0.2, 0.25) is 0 Å². The largest absolute Gasteiger partial charge is 0.384 e. The van der Waals surface area contributed by atoms with Crippen molar-refractivity contribution in [3.05, 3.63) is 12.2 Å². The highest BCUT2D eigenvalue weighted by molar-refractivity contribution is 5.04. The van der Waals surface area contributed by atoms with Crippen molar-refractivity contribution < 1.29 is 5.11 Å². The van der Waals surface area contributed by atoms with Gasteiger partial charge in [-0.2, -0.15) is 0 Å². The molecule has 0 unspecified atom stereocenters. The lowest BCUT2D eigenvalue weighted by molar-refractivity contribution is 0.350. The molecule has 0 atom stereocenters. The molecule has 0 heterocycles. The van der Waals surface area contributed by atoms with E-state index in [9.17, 15) is 0 Å². The van der Waals surface area contributed by atoms with Crippen LogP contribution in [0.3, 0.4) is 0 Å². The number of hydrogen-bond donors (Lipinski definition) is 1. The summed E-state index contributed by atoms with van der Waals surface area (Å²) in [5, 5.41) is 8.27. The maximum Gasteiger partial charge on any atom is 0.104 e. The van der Waals surface area contributed by atoms with Gasteiger partial charge in [-0.05, 0) is 6.42 Å². The first-order valence-corrected chi connectivity index (χ1v) is 3.63. The Balaban J connectivity index is 3.17. The highest BCUT2D eigenvalue weighted by Gasteiger charge is 1.71. The van der Waals surface area contributed by atoms with Crippen LogP contribution in [0.1, 0.15) is 26.2 Å². The standard InChI is InChI=1S/C9H14O/c1-2-3-4-5-6-7-8-9-10/h4-5,10H,2-3,6,9H2,1H3/b5-4+. The van der Waals surface area contributed by atoms with E-state index in [2.05, 4.69) is 24.8 Å². The van der Waals surface area contributed by atoms with E-state index in [-0.39, 0.29) is 6.61 Å². The van der Waals surface area contributed by atoms with Crippen LogP contribution >= 0.6 is 0 Å². The fraction of sp³-hybridized carbons (Fsp3) is 0.556. The van der Waals surface area contributed by atoms with Crippen molar-refractivity contribution in [1.29, 1.82) is 0 Å². The van der Waals surface area contributed by atoms with Crippen LogP contribution < -0.4 is 0 Å². The van der Waals surface area contributed by atoms with E-state index >= 15 is 0 Å². The molecule has 1 heteroatoms. The highest BCUT2D eigenvalue weighted by atomic mass is 16.2. The lowest BCUT2D eigenvalue weighted by Crippen LogP contribution is -1.70. The Bertz CT molecular complexity index is 137. The second-order valence-corrected chi connectivity index (χ2v) is 1.98. The van der Waals surface area contributed by atoms with Crippen LogP contribution in [0.2, 0.25) is 0 Å². The summed E-state index contributed by atoms with van der Waals surface area (Å²) in [4.78, 5) is 0. The van der Waals surface area contributed by atoms with E-state index in [0.29, 0.717) is 0 Å². The Labute approximate surface area is 62.8 Å². The van der Waals surface area contributed by atoms with Gasteiger partial charge in [0, 0.05) is 6.42 Å². The SMILES string of the molecule is CCC/C=C/CC#CCO. The summed E-state index contributed by atoms with van der Waals surface area (Å²) in [5.41, 5.74) is 0. The Hall–Kier alpha value is -0.740. The first-order valence-electron chi connectivity index (χ1n) is 3.63. The molecule has 0 aliphatic heterocycles. The average molecular weight is 138 g/mol. The molecule has 0 aromatic carbocycles. The van der Waals surface area contributed by atoms with Crippen molar-refractivity contribution in [3.63, 3.8) is 0 Å². The predicted molar refractivity (Wildman–Crippen MR) is 43.5 cm³/mol. The zero-order chi connectivity index (χ0) is 7.66. The van der Waals surface area contributed by atoms with E-state index in [4.69, 9.17) is 5.11 Å². The lowest BCUT2D eigenvalue weighted by atomic mass is 10.3. The normalized spacial score (nSPS) is 9.40. The third-order valence-electron chi connectivity index (χ3n) is 1.05. The van der Waals surface area contributed by atoms with Crippen LogP contribution in [0.15, 0.2) is 12.2 Å². The highest BCUT2D eigenvalue weighted by Crippen LogP contribution is 1.89. The molecular formula is C9H14O. The topological polar surface area (TPSA) is 20.2 Å². The van der Waals surface area contributed by atoms with Crippen LogP contribution in [0.25, 0.3) is 0 Å². The van der Waals surface area contributed by atoms with Crippen LogP contribution in [0.4, 0.5) is 0 Å². The van der Waals surface area contributed by atoms with Crippen molar-refractivity contribution in [3.8, 4) is 11.8 Å². The van der Waals surface area contributed by atoms with Crippen molar-refractivity contribution in [2.75, 3.05) is 6.61 Å². The Morgan fingerprint density at radius 2 is 2.10 bits per heavy atom. The van der Waals surface area contributed by atoms with E-state index in [1.165, 1.54) is 6.42 Å². The minimum absolute atomic E-state index is 0.0262. The van der Waals surface area contributed by atoms with Gasteiger partial charge in [-0.1, -0.05) is 37.3 Å². The average Bonchev–Trinajstić information content (AvgIpc) is 1.97. The van der Waals surface area contributed by atoms with Crippen molar-refractivity contribution >= 4 is 0 Å². The van der Waals surface area contributed by atoms with Gasteiger partial charge >= 0.3 is 0 Å². The van der Waals surface area contributed by atoms with Crippen molar-refractivity contribution in [2.24, 2.45) is 0 Å². The summed E-state index contributed by atoms with van der Waals surface area (Å²) in [6.45, 7) is 2.12. The van der Waals surface area contributed by atoms with E-state index in [1.54, 1.807) is 0 Å². The quantitative estimate of drug-likeness (QED) is 0.465. The third-order valence-corrected chi connectivity index (χ3v) is 1.05. The predicted octanol–water partition coefficient (Wildman–Crippen LogP) is 1.73. The molecule has 0 saturated heterocycles. The molecular weight excluding hydrogens is 124 g/mol. The molecule has 56 valence electrons. The molecule has 1 N–H and O–H groups in total. The number of unbranched alkanes of at least 4 members (excludes halogenated alkanes) is 1. The number of hydrogen-bond acceptors (Lipinski definition) is 1. The minimum atomic E-state index is -0.0262. The molecule has 10 heavy (non-hydrogen) atoms. The molecule has 0 aromatic heterocycles.